The predicted octanol–water partition coefficient (Wildman–Crippen LogP) is 2.21. The molecule has 0 saturated carbocycles. The molecular formula is C13H22O4. The van der Waals surface area contributed by atoms with Crippen LogP contribution >= 0.6 is 0 Å². The molecule has 4 heteroatoms. The second-order valence-corrected chi connectivity index (χ2v) is 4.96. The fraction of sp³-hybridized carbons (Fsp3) is 0.769. The Hall–Kier alpha value is -1.19. The zero-order valence-electron chi connectivity index (χ0n) is 11.4. The van der Waals surface area contributed by atoms with Gasteiger partial charge in [-0.3, -0.25) is 14.4 Å². The summed E-state index contributed by atoms with van der Waals surface area (Å²) in [5.41, 5.74) is 0. The van der Waals surface area contributed by atoms with Crippen LogP contribution in [0.2, 0.25) is 0 Å². The van der Waals surface area contributed by atoms with Crippen LogP contribution in [-0.4, -0.2) is 17.7 Å². The maximum atomic E-state index is 10.6. The van der Waals surface area contributed by atoms with Gasteiger partial charge in [-0.25, -0.2) is 0 Å². The van der Waals surface area contributed by atoms with Gasteiger partial charge >= 0.3 is 11.9 Å². The van der Waals surface area contributed by atoms with E-state index in [0.29, 0.717) is 11.7 Å². The first-order valence-corrected chi connectivity index (χ1v) is 5.94. The van der Waals surface area contributed by atoms with E-state index < -0.39 is 11.9 Å². The third-order valence-electron chi connectivity index (χ3n) is 3.34. The molecule has 1 saturated heterocycles. The normalized spacial score (nSPS) is 25.1. The van der Waals surface area contributed by atoms with Gasteiger partial charge in [0.25, 0.3) is 0 Å². The highest BCUT2D eigenvalue weighted by Crippen LogP contribution is 2.21. The molecule has 1 aliphatic heterocycles. The first-order chi connectivity index (χ1) is 7.68. The van der Waals surface area contributed by atoms with Crippen LogP contribution in [-0.2, 0) is 19.1 Å². The number of carbonyl (C=O) groups is 3. The van der Waals surface area contributed by atoms with E-state index in [0.717, 1.165) is 0 Å². The molecule has 17 heavy (non-hydrogen) atoms. The van der Waals surface area contributed by atoms with Crippen LogP contribution in [0.5, 0.6) is 0 Å². The molecular weight excluding hydrogens is 220 g/mol. The van der Waals surface area contributed by atoms with Crippen molar-refractivity contribution in [3.63, 3.8) is 0 Å². The SMILES string of the molecule is CC(=O)C(C)C(C)C.CC1C(=O)OC(=O)C1C. The standard InChI is InChI=1S/C7H14O.C6H8O3/c1-5(2)6(3)7(4)8;1-3-4(2)6(8)9-5(3)7/h5-6H,1-4H3;3-4H,1-2H3. The smallest absolute Gasteiger partial charge is 0.317 e. The molecule has 0 amide bonds. The molecule has 0 aliphatic carbocycles. The lowest BCUT2D eigenvalue weighted by Crippen LogP contribution is -2.12. The number of hydrogen-bond donors (Lipinski definition) is 0. The minimum absolute atomic E-state index is 0.231. The summed E-state index contributed by atoms with van der Waals surface area (Å²) in [6.45, 7) is 11.1. The fourth-order valence-electron chi connectivity index (χ4n) is 1.16. The van der Waals surface area contributed by atoms with E-state index in [-0.39, 0.29) is 17.8 Å². The van der Waals surface area contributed by atoms with Crippen LogP contribution < -0.4 is 0 Å². The molecule has 0 spiro atoms. The average Bonchev–Trinajstić information content (AvgIpc) is 2.45. The molecule has 1 heterocycles. The third kappa shape index (κ3) is 4.67. The number of rotatable bonds is 2. The molecule has 0 N–H and O–H groups in total. The number of carbonyl (C=O) groups excluding carboxylic acids is 3. The molecule has 1 rings (SSSR count). The highest BCUT2D eigenvalue weighted by molar-refractivity contribution is 5.95. The van der Waals surface area contributed by atoms with Crippen molar-refractivity contribution in [3.05, 3.63) is 0 Å². The van der Waals surface area contributed by atoms with Gasteiger partial charge in [0, 0.05) is 5.92 Å². The summed E-state index contributed by atoms with van der Waals surface area (Å²) in [7, 11) is 0. The number of Topliss-reactive ketones (excluding diaryl/α,β-unsaturated/α-hetero) is 1. The monoisotopic (exact) mass is 242 g/mol. The average molecular weight is 242 g/mol. The molecule has 3 atom stereocenters. The summed E-state index contributed by atoms with van der Waals surface area (Å²) in [5, 5.41) is 0. The van der Waals surface area contributed by atoms with E-state index in [9.17, 15) is 14.4 Å². The lowest BCUT2D eigenvalue weighted by molar-refractivity contribution is -0.153. The Morgan fingerprint density at radius 3 is 1.47 bits per heavy atom. The van der Waals surface area contributed by atoms with Crippen LogP contribution in [0.4, 0.5) is 0 Å². The maximum Gasteiger partial charge on any atom is 0.317 e. The van der Waals surface area contributed by atoms with Gasteiger partial charge in [-0.1, -0.05) is 34.6 Å². The van der Waals surface area contributed by atoms with Crippen molar-refractivity contribution >= 4 is 17.7 Å². The zero-order valence-corrected chi connectivity index (χ0v) is 11.4. The molecule has 0 aromatic heterocycles. The van der Waals surface area contributed by atoms with Crippen LogP contribution in [0.1, 0.15) is 41.5 Å². The molecule has 98 valence electrons. The van der Waals surface area contributed by atoms with E-state index in [1.165, 1.54) is 0 Å². The van der Waals surface area contributed by atoms with Crippen molar-refractivity contribution in [1.29, 1.82) is 0 Å². The minimum atomic E-state index is -0.396. The van der Waals surface area contributed by atoms with E-state index in [4.69, 9.17) is 0 Å². The Morgan fingerprint density at radius 1 is 1.06 bits per heavy atom. The number of cyclic esters (lactones) is 2. The van der Waals surface area contributed by atoms with Gasteiger partial charge in [0.2, 0.25) is 0 Å². The summed E-state index contributed by atoms with van der Waals surface area (Å²) in [6.07, 6.45) is 0. The van der Waals surface area contributed by atoms with Gasteiger partial charge in [0.15, 0.2) is 0 Å². The van der Waals surface area contributed by atoms with Crippen molar-refractivity contribution in [2.24, 2.45) is 23.7 Å². The van der Waals surface area contributed by atoms with Crippen LogP contribution in [0.3, 0.4) is 0 Å². The van der Waals surface area contributed by atoms with Crippen molar-refractivity contribution in [2.75, 3.05) is 0 Å². The van der Waals surface area contributed by atoms with Gasteiger partial charge in [-0.2, -0.15) is 0 Å². The second kappa shape index (κ2) is 6.52. The zero-order chi connectivity index (χ0) is 13.7. The number of ether oxygens (including phenoxy) is 1. The van der Waals surface area contributed by atoms with Gasteiger partial charge in [-0.05, 0) is 12.8 Å². The highest BCUT2D eigenvalue weighted by Gasteiger charge is 2.37. The van der Waals surface area contributed by atoms with E-state index >= 15 is 0 Å². The summed E-state index contributed by atoms with van der Waals surface area (Å²) < 4.78 is 4.31. The lowest BCUT2D eigenvalue weighted by Gasteiger charge is -2.09. The molecule has 1 aliphatic rings. The molecule has 1 fully saturated rings. The Morgan fingerprint density at radius 2 is 1.41 bits per heavy atom. The van der Waals surface area contributed by atoms with Gasteiger partial charge in [0.1, 0.15) is 5.78 Å². The minimum Gasteiger partial charge on any atom is -0.393 e. The number of ketones is 1. The first-order valence-electron chi connectivity index (χ1n) is 5.94. The van der Waals surface area contributed by atoms with Crippen molar-refractivity contribution in [2.45, 2.75) is 41.5 Å². The summed E-state index contributed by atoms with van der Waals surface area (Å²) in [5.74, 6) is -0.280. The number of hydrogen-bond acceptors (Lipinski definition) is 4. The Kier molecular flexibility index (Phi) is 6.07. The van der Waals surface area contributed by atoms with Crippen LogP contribution in [0.25, 0.3) is 0 Å². The van der Waals surface area contributed by atoms with Crippen LogP contribution in [0.15, 0.2) is 0 Å². The number of esters is 2. The molecule has 0 aromatic rings. The maximum absolute atomic E-state index is 10.6. The molecule has 4 nitrogen and oxygen atoms in total. The topological polar surface area (TPSA) is 60.4 Å². The van der Waals surface area contributed by atoms with E-state index in [2.05, 4.69) is 18.6 Å². The van der Waals surface area contributed by atoms with E-state index in [1.54, 1.807) is 20.8 Å². The largest absolute Gasteiger partial charge is 0.393 e. The summed E-state index contributed by atoms with van der Waals surface area (Å²) in [6, 6.07) is 0. The Labute approximate surface area is 103 Å². The summed E-state index contributed by atoms with van der Waals surface area (Å²) in [4.78, 5) is 31.7. The van der Waals surface area contributed by atoms with Gasteiger partial charge in [0.05, 0.1) is 11.8 Å². The third-order valence-corrected chi connectivity index (χ3v) is 3.34. The second-order valence-electron chi connectivity index (χ2n) is 4.96. The first kappa shape index (κ1) is 15.8. The van der Waals surface area contributed by atoms with Crippen molar-refractivity contribution < 1.29 is 19.1 Å². The predicted molar refractivity (Wildman–Crippen MR) is 64.1 cm³/mol. The van der Waals surface area contributed by atoms with E-state index in [1.807, 2.05) is 6.92 Å². The highest BCUT2D eigenvalue weighted by atomic mass is 16.6. The fourth-order valence-corrected chi connectivity index (χ4v) is 1.16. The Balaban J connectivity index is 0.000000304. The van der Waals surface area contributed by atoms with Crippen LogP contribution in [0, 0.1) is 23.7 Å². The Bertz CT molecular complexity index is 289. The molecule has 0 radical (unpaired) electrons. The quantitative estimate of drug-likeness (QED) is 0.550. The van der Waals surface area contributed by atoms with Gasteiger partial charge in [-0.15, -0.1) is 0 Å². The molecule has 0 aromatic carbocycles. The van der Waals surface area contributed by atoms with Crippen molar-refractivity contribution in [3.8, 4) is 0 Å². The lowest BCUT2D eigenvalue weighted by atomic mass is 9.95. The molecule has 3 unspecified atom stereocenters. The summed E-state index contributed by atoms with van der Waals surface area (Å²) >= 11 is 0. The van der Waals surface area contributed by atoms with Crippen molar-refractivity contribution in [1.82, 2.24) is 0 Å². The molecule has 0 bridgehead atoms. The van der Waals surface area contributed by atoms with Gasteiger partial charge < -0.3 is 4.74 Å².